The standard InChI is InChI=1S/C9H10N4O/c1-7-3-12(5-10-7)9(14)13-4-8(2)11-6-13/h3-6H,1-2H3. The van der Waals surface area contributed by atoms with Crippen LogP contribution >= 0.6 is 0 Å². The molecule has 0 N–H and O–H groups in total. The van der Waals surface area contributed by atoms with E-state index in [2.05, 4.69) is 9.97 Å². The first-order chi connectivity index (χ1) is 6.66. The number of hydrogen-bond acceptors (Lipinski definition) is 3. The molecule has 0 atom stereocenters. The normalized spacial score (nSPS) is 10.4. The van der Waals surface area contributed by atoms with Gasteiger partial charge in [-0.25, -0.2) is 14.8 Å². The SMILES string of the molecule is Cc1cn(C(=O)n2cnc(C)c2)cn1. The lowest BCUT2D eigenvalue weighted by Gasteiger charge is -1.99. The summed E-state index contributed by atoms with van der Waals surface area (Å²) >= 11 is 0. The van der Waals surface area contributed by atoms with E-state index in [4.69, 9.17) is 0 Å². The molecular weight excluding hydrogens is 180 g/mol. The van der Waals surface area contributed by atoms with Gasteiger partial charge in [0.05, 0.1) is 11.4 Å². The second-order valence-corrected chi connectivity index (χ2v) is 3.13. The fourth-order valence-electron chi connectivity index (χ4n) is 1.18. The molecular formula is C9H10N4O. The van der Waals surface area contributed by atoms with Crippen LogP contribution in [0, 0.1) is 13.8 Å². The molecule has 5 nitrogen and oxygen atoms in total. The van der Waals surface area contributed by atoms with Crippen LogP contribution in [-0.4, -0.2) is 25.1 Å². The average Bonchev–Trinajstić information content (AvgIpc) is 2.73. The zero-order valence-electron chi connectivity index (χ0n) is 8.01. The van der Waals surface area contributed by atoms with Gasteiger partial charge in [-0.15, -0.1) is 0 Å². The van der Waals surface area contributed by atoms with Gasteiger partial charge in [0.25, 0.3) is 0 Å². The van der Waals surface area contributed by atoms with Crippen molar-refractivity contribution in [2.45, 2.75) is 13.8 Å². The van der Waals surface area contributed by atoms with E-state index >= 15 is 0 Å². The Labute approximate surface area is 81.0 Å². The van der Waals surface area contributed by atoms with E-state index in [1.54, 1.807) is 12.4 Å². The molecule has 0 saturated carbocycles. The number of nitrogens with zero attached hydrogens (tertiary/aromatic N) is 4. The molecule has 0 aliphatic rings. The highest BCUT2D eigenvalue weighted by Gasteiger charge is 2.07. The van der Waals surface area contributed by atoms with Crippen molar-refractivity contribution in [3.05, 3.63) is 36.4 Å². The molecule has 5 heteroatoms. The molecule has 0 aliphatic heterocycles. The van der Waals surface area contributed by atoms with E-state index in [0.29, 0.717) is 0 Å². The number of rotatable bonds is 0. The van der Waals surface area contributed by atoms with Crippen LogP contribution in [0.15, 0.2) is 25.0 Å². The van der Waals surface area contributed by atoms with Crippen LogP contribution in [0.3, 0.4) is 0 Å². The van der Waals surface area contributed by atoms with Gasteiger partial charge in [0.1, 0.15) is 12.7 Å². The van der Waals surface area contributed by atoms with E-state index in [0.717, 1.165) is 11.4 Å². The summed E-state index contributed by atoms with van der Waals surface area (Å²) in [4.78, 5) is 19.7. The topological polar surface area (TPSA) is 52.7 Å². The maximum absolute atomic E-state index is 11.7. The zero-order chi connectivity index (χ0) is 10.1. The van der Waals surface area contributed by atoms with Gasteiger partial charge >= 0.3 is 6.03 Å². The molecule has 14 heavy (non-hydrogen) atoms. The van der Waals surface area contributed by atoms with Crippen LogP contribution in [0.25, 0.3) is 0 Å². The van der Waals surface area contributed by atoms with Crippen molar-refractivity contribution in [1.82, 2.24) is 19.1 Å². The van der Waals surface area contributed by atoms with E-state index in [1.807, 2.05) is 13.8 Å². The Bertz CT molecular complexity index is 426. The number of hydrogen-bond donors (Lipinski definition) is 0. The van der Waals surface area contributed by atoms with Crippen LogP contribution in [0.1, 0.15) is 11.4 Å². The molecule has 2 heterocycles. The van der Waals surface area contributed by atoms with Crippen molar-refractivity contribution >= 4 is 6.03 Å². The third kappa shape index (κ3) is 1.44. The van der Waals surface area contributed by atoms with Gasteiger partial charge in [-0.2, -0.15) is 0 Å². The van der Waals surface area contributed by atoms with Gasteiger partial charge in [-0.05, 0) is 13.8 Å². The third-order valence-corrected chi connectivity index (χ3v) is 1.87. The summed E-state index contributed by atoms with van der Waals surface area (Å²) in [6.07, 6.45) is 6.34. The van der Waals surface area contributed by atoms with Gasteiger partial charge in [-0.1, -0.05) is 0 Å². The number of aromatic nitrogens is 4. The lowest BCUT2D eigenvalue weighted by atomic mass is 10.5. The van der Waals surface area contributed by atoms with Crippen LogP contribution in [0.5, 0.6) is 0 Å². The lowest BCUT2D eigenvalue weighted by Crippen LogP contribution is -2.15. The highest BCUT2D eigenvalue weighted by molar-refractivity contribution is 5.78. The van der Waals surface area contributed by atoms with Crippen molar-refractivity contribution in [3.8, 4) is 0 Å². The highest BCUT2D eigenvalue weighted by Crippen LogP contribution is 1.99. The molecule has 0 saturated heterocycles. The van der Waals surface area contributed by atoms with E-state index in [9.17, 15) is 4.79 Å². The predicted octanol–water partition coefficient (Wildman–Crippen LogP) is 1.21. The Morgan fingerprint density at radius 3 is 1.79 bits per heavy atom. The molecule has 2 rings (SSSR count). The second kappa shape index (κ2) is 3.10. The quantitative estimate of drug-likeness (QED) is 0.627. The summed E-state index contributed by atoms with van der Waals surface area (Å²) < 4.78 is 2.85. The average molecular weight is 190 g/mol. The van der Waals surface area contributed by atoms with Crippen molar-refractivity contribution < 1.29 is 4.79 Å². The Balaban J connectivity index is 2.33. The molecule has 0 radical (unpaired) electrons. The third-order valence-electron chi connectivity index (χ3n) is 1.87. The molecule has 2 aromatic rings. The zero-order valence-corrected chi connectivity index (χ0v) is 8.01. The van der Waals surface area contributed by atoms with E-state index in [-0.39, 0.29) is 6.03 Å². The minimum absolute atomic E-state index is 0.175. The first-order valence-corrected chi connectivity index (χ1v) is 4.23. The molecule has 0 amide bonds. The second-order valence-electron chi connectivity index (χ2n) is 3.13. The molecule has 0 bridgehead atoms. The Hall–Kier alpha value is -1.91. The number of carbonyl (C=O) groups excluding carboxylic acids is 1. The molecule has 0 aromatic carbocycles. The van der Waals surface area contributed by atoms with E-state index in [1.165, 1.54) is 21.8 Å². The van der Waals surface area contributed by atoms with Gasteiger partial charge in [0.15, 0.2) is 0 Å². The first-order valence-electron chi connectivity index (χ1n) is 4.23. The van der Waals surface area contributed by atoms with Crippen LogP contribution in [-0.2, 0) is 0 Å². The Morgan fingerprint density at radius 1 is 1.07 bits per heavy atom. The highest BCUT2D eigenvalue weighted by atomic mass is 16.2. The molecule has 0 fully saturated rings. The Morgan fingerprint density at radius 2 is 1.50 bits per heavy atom. The van der Waals surface area contributed by atoms with Gasteiger partial charge in [0, 0.05) is 12.4 Å². The minimum atomic E-state index is -0.175. The van der Waals surface area contributed by atoms with Gasteiger partial charge < -0.3 is 0 Å². The summed E-state index contributed by atoms with van der Waals surface area (Å²) in [6.45, 7) is 3.67. The van der Waals surface area contributed by atoms with E-state index < -0.39 is 0 Å². The molecule has 72 valence electrons. The van der Waals surface area contributed by atoms with Crippen molar-refractivity contribution in [2.24, 2.45) is 0 Å². The number of carbonyl (C=O) groups is 1. The number of aryl methyl sites for hydroxylation is 2. The maximum Gasteiger partial charge on any atom is 0.338 e. The summed E-state index contributed by atoms with van der Waals surface area (Å²) in [5.41, 5.74) is 1.63. The van der Waals surface area contributed by atoms with Gasteiger partial charge in [-0.3, -0.25) is 9.13 Å². The van der Waals surface area contributed by atoms with Crippen molar-refractivity contribution in [3.63, 3.8) is 0 Å². The Kier molecular flexibility index (Phi) is 1.92. The monoisotopic (exact) mass is 190 g/mol. The first kappa shape index (κ1) is 8.68. The van der Waals surface area contributed by atoms with Crippen molar-refractivity contribution in [2.75, 3.05) is 0 Å². The fourth-order valence-corrected chi connectivity index (χ4v) is 1.18. The molecule has 2 aromatic heterocycles. The summed E-state index contributed by atoms with van der Waals surface area (Å²) in [7, 11) is 0. The van der Waals surface area contributed by atoms with Gasteiger partial charge in [0.2, 0.25) is 0 Å². The molecule has 0 spiro atoms. The van der Waals surface area contributed by atoms with Crippen molar-refractivity contribution in [1.29, 1.82) is 0 Å². The van der Waals surface area contributed by atoms with Crippen LogP contribution in [0.4, 0.5) is 4.79 Å². The van der Waals surface area contributed by atoms with Crippen LogP contribution in [0.2, 0.25) is 0 Å². The summed E-state index contributed by atoms with van der Waals surface area (Å²) in [5.74, 6) is 0. The lowest BCUT2D eigenvalue weighted by molar-refractivity contribution is 0.244. The summed E-state index contributed by atoms with van der Waals surface area (Å²) in [5, 5.41) is 0. The largest absolute Gasteiger partial charge is 0.338 e. The number of imidazole rings is 2. The van der Waals surface area contributed by atoms with Crippen LogP contribution < -0.4 is 0 Å². The maximum atomic E-state index is 11.7. The fraction of sp³-hybridized carbons (Fsp3) is 0.222. The molecule has 0 unspecified atom stereocenters. The molecule has 0 aliphatic carbocycles. The minimum Gasteiger partial charge on any atom is -0.257 e. The predicted molar refractivity (Wildman–Crippen MR) is 50.1 cm³/mol. The summed E-state index contributed by atoms with van der Waals surface area (Å²) in [6, 6.07) is -0.175. The smallest absolute Gasteiger partial charge is 0.257 e.